The Morgan fingerprint density at radius 1 is 1.26 bits per heavy atom. The Balaban J connectivity index is 1.09. The van der Waals surface area contributed by atoms with Crippen molar-refractivity contribution in [3.05, 3.63) is 39.8 Å². The largest absolute Gasteiger partial charge is 0.416 e. The number of halogens is 3. The van der Waals surface area contributed by atoms with Crippen molar-refractivity contribution in [3.63, 3.8) is 0 Å². The molecule has 1 aromatic carbocycles. The topological polar surface area (TPSA) is 95.3 Å². The molecule has 1 saturated heterocycles. The van der Waals surface area contributed by atoms with E-state index in [1.165, 1.54) is 10.7 Å². The minimum Gasteiger partial charge on any atom is -0.384 e. The Bertz CT molecular complexity index is 1310. The normalized spacial score (nSPS) is 23.1. The van der Waals surface area contributed by atoms with Gasteiger partial charge in [0.2, 0.25) is 5.91 Å². The lowest BCUT2D eigenvalue weighted by Crippen LogP contribution is -2.63. The van der Waals surface area contributed by atoms with Crippen LogP contribution in [0.3, 0.4) is 0 Å². The van der Waals surface area contributed by atoms with E-state index >= 15 is 0 Å². The van der Waals surface area contributed by atoms with Crippen LogP contribution in [0.1, 0.15) is 60.9 Å². The number of amides is 1. The molecule has 2 aromatic heterocycles. The molecular weight excluding hydrogens is 517 g/mol. The summed E-state index contributed by atoms with van der Waals surface area (Å²) in [6.45, 7) is 5.61. The Morgan fingerprint density at radius 2 is 1.97 bits per heavy atom. The van der Waals surface area contributed by atoms with Gasteiger partial charge in [0.1, 0.15) is 5.60 Å². The lowest BCUT2D eigenvalue weighted by molar-refractivity contribution is -0.137. The molecule has 1 saturated carbocycles. The van der Waals surface area contributed by atoms with Crippen molar-refractivity contribution < 1.29 is 23.1 Å². The number of aryl methyl sites for hydroxylation is 1. The van der Waals surface area contributed by atoms with Crippen LogP contribution in [-0.4, -0.2) is 62.4 Å². The summed E-state index contributed by atoms with van der Waals surface area (Å²) in [5.41, 5.74) is -1.01. The monoisotopic (exact) mass is 550 g/mol. The van der Waals surface area contributed by atoms with Crippen molar-refractivity contribution in [3.8, 4) is 0 Å². The van der Waals surface area contributed by atoms with Crippen molar-refractivity contribution in [2.45, 2.75) is 69.3 Å². The molecule has 3 heterocycles. The van der Waals surface area contributed by atoms with Gasteiger partial charge in [0, 0.05) is 43.7 Å². The number of nitrogens with zero attached hydrogens (tertiary/aromatic N) is 4. The van der Waals surface area contributed by atoms with Crippen LogP contribution in [0.4, 0.5) is 19.0 Å². The molecule has 206 valence electrons. The van der Waals surface area contributed by atoms with Crippen LogP contribution in [-0.2, 0) is 23.6 Å². The summed E-state index contributed by atoms with van der Waals surface area (Å²) in [4.78, 5) is 20.3. The fraction of sp³-hybridized carbons (Fsp3) is 0.577. The quantitative estimate of drug-likeness (QED) is 0.408. The zero-order chi connectivity index (χ0) is 27.2. The number of carbonyl (C=O) groups is 1. The highest BCUT2D eigenvalue weighted by Crippen LogP contribution is 2.42. The first kappa shape index (κ1) is 26.9. The summed E-state index contributed by atoms with van der Waals surface area (Å²) >= 11 is 1.61. The van der Waals surface area contributed by atoms with Gasteiger partial charge in [0.25, 0.3) is 0 Å². The number of fused-ring (bicyclic) bond motifs is 1. The number of likely N-dealkylation sites (tertiary alicyclic amines) is 1. The first-order chi connectivity index (χ1) is 17.9. The summed E-state index contributed by atoms with van der Waals surface area (Å²) in [6, 6.07) is 3.86. The molecule has 5 rings (SSSR count). The number of benzene rings is 1. The van der Waals surface area contributed by atoms with E-state index in [-0.39, 0.29) is 24.3 Å². The van der Waals surface area contributed by atoms with Crippen molar-refractivity contribution >= 4 is 34.0 Å². The number of aromatic nitrogens is 3. The number of rotatable bonds is 7. The van der Waals surface area contributed by atoms with Gasteiger partial charge >= 0.3 is 6.18 Å². The molecule has 2 aliphatic rings. The summed E-state index contributed by atoms with van der Waals surface area (Å²) in [6.07, 6.45) is 0.545. The number of thiazole rings is 1. The van der Waals surface area contributed by atoms with E-state index in [0.29, 0.717) is 35.7 Å². The van der Waals surface area contributed by atoms with Gasteiger partial charge < -0.3 is 15.7 Å². The number of carbonyl (C=O) groups excluding carboxylic acids is 1. The van der Waals surface area contributed by atoms with Crippen molar-refractivity contribution in [1.29, 1.82) is 0 Å². The third kappa shape index (κ3) is 5.39. The highest BCUT2D eigenvalue weighted by molar-refractivity contribution is 7.11. The van der Waals surface area contributed by atoms with Crippen LogP contribution in [0.5, 0.6) is 0 Å². The molecule has 0 atom stereocenters. The molecule has 0 unspecified atom stereocenters. The Morgan fingerprint density at radius 3 is 2.61 bits per heavy atom. The van der Waals surface area contributed by atoms with E-state index < -0.39 is 17.3 Å². The minimum absolute atomic E-state index is 0.0255. The third-order valence-electron chi connectivity index (χ3n) is 7.64. The van der Waals surface area contributed by atoms with Gasteiger partial charge in [-0.15, -0.1) is 11.3 Å². The predicted octanol–water partition coefficient (Wildman–Crippen LogP) is 4.21. The average Bonchev–Trinajstić information content (AvgIpc) is 3.46. The number of aliphatic hydroxyl groups is 1. The fourth-order valence-electron chi connectivity index (χ4n) is 5.38. The third-order valence-corrected chi connectivity index (χ3v) is 9.13. The summed E-state index contributed by atoms with van der Waals surface area (Å²) < 4.78 is 40.9. The molecule has 0 bridgehead atoms. The molecular formula is C26H33F3N6O2S. The summed E-state index contributed by atoms with van der Waals surface area (Å²) in [7, 11) is 1.65. The van der Waals surface area contributed by atoms with E-state index in [0.717, 1.165) is 47.9 Å². The summed E-state index contributed by atoms with van der Waals surface area (Å²) in [5.74, 6) is 0.363. The minimum atomic E-state index is -4.45. The molecule has 2 fully saturated rings. The zero-order valence-corrected chi connectivity index (χ0v) is 22.5. The van der Waals surface area contributed by atoms with E-state index in [1.807, 2.05) is 6.20 Å². The van der Waals surface area contributed by atoms with Crippen LogP contribution < -0.4 is 10.6 Å². The lowest BCUT2D eigenvalue weighted by Gasteiger charge is -2.48. The first-order valence-corrected chi connectivity index (χ1v) is 13.7. The molecule has 1 amide bonds. The second-order valence-corrected chi connectivity index (χ2v) is 11.8. The number of hydrogen-bond donors (Lipinski definition) is 3. The van der Waals surface area contributed by atoms with Crippen molar-refractivity contribution in [2.75, 3.05) is 25.0 Å². The molecule has 1 aliphatic heterocycles. The fourth-order valence-corrected chi connectivity index (χ4v) is 6.44. The van der Waals surface area contributed by atoms with Gasteiger partial charge in [-0.2, -0.15) is 18.3 Å². The van der Waals surface area contributed by atoms with Gasteiger partial charge in [-0.25, -0.2) is 4.98 Å². The maximum absolute atomic E-state index is 13.1. The molecule has 12 heteroatoms. The molecule has 0 radical (unpaired) electrons. The van der Waals surface area contributed by atoms with Crippen molar-refractivity contribution in [2.24, 2.45) is 7.05 Å². The Labute approximate surface area is 223 Å². The lowest BCUT2D eigenvalue weighted by atomic mass is 9.80. The van der Waals surface area contributed by atoms with Gasteiger partial charge in [0.05, 0.1) is 33.6 Å². The highest BCUT2D eigenvalue weighted by Gasteiger charge is 2.41. The number of nitrogens with one attached hydrogen (secondary N) is 2. The van der Waals surface area contributed by atoms with Crippen LogP contribution in [0.25, 0.3) is 10.9 Å². The molecule has 8 nitrogen and oxygen atoms in total. The van der Waals surface area contributed by atoms with Crippen LogP contribution in [0, 0.1) is 0 Å². The molecule has 1 aliphatic carbocycles. The molecule has 3 aromatic rings. The second-order valence-electron chi connectivity index (χ2n) is 10.8. The second kappa shape index (κ2) is 10.1. The van der Waals surface area contributed by atoms with Gasteiger partial charge in [-0.1, -0.05) is 13.8 Å². The van der Waals surface area contributed by atoms with E-state index in [1.54, 1.807) is 18.4 Å². The first-order valence-electron chi connectivity index (χ1n) is 12.9. The predicted molar refractivity (Wildman–Crippen MR) is 140 cm³/mol. The van der Waals surface area contributed by atoms with E-state index in [2.05, 4.69) is 39.5 Å². The highest BCUT2D eigenvalue weighted by atomic mass is 32.1. The SMILES string of the molecule is CC(C)c1ncc(C2(O)CCC(N3CC(NC(=O)CNc4nn(C)c5ccc(C(F)(F)F)cc45)C3)CC2)s1. The number of anilines is 1. The van der Waals surface area contributed by atoms with Crippen LogP contribution in [0.2, 0.25) is 0 Å². The van der Waals surface area contributed by atoms with Crippen molar-refractivity contribution in [1.82, 2.24) is 25.0 Å². The Kier molecular flexibility index (Phi) is 7.16. The zero-order valence-electron chi connectivity index (χ0n) is 21.7. The maximum atomic E-state index is 13.1. The summed E-state index contributed by atoms with van der Waals surface area (Å²) in [5, 5.41) is 22.7. The Hall–Kier alpha value is -2.70. The van der Waals surface area contributed by atoms with E-state index in [9.17, 15) is 23.1 Å². The van der Waals surface area contributed by atoms with Crippen LogP contribution >= 0.6 is 11.3 Å². The average molecular weight is 551 g/mol. The maximum Gasteiger partial charge on any atom is 0.416 e. The number of hydrogen-bond acceptors (Lipinski definition) is 7. The van der Waals surface area contributed by atoms with Gasteiger partial charge in [-0.05, 0) is 43.9 Å². The number of alkyl halides is 3. The van der Waals surface area contributed by atoms with Crippen LogP contribution in [0.15, 0.2) is 24.4 Å². The molecule has 0 spiro atoms. The smallest absolute Gasteiger partial charge is 0.384 e. The van der Waals surface area contributed by atoms with Gasteiger partial charge in [0.15, 0.2) is 5.82 Å². The molecule has 3 N–H and O–H groups in total. The van der Waals surface area contributed by atoms with E-state index in [4.69, 9.17) is 0 Å². The van der Waals surface area contributed by atoms with Gasteiger partial charge in [-0.3, -0.25) is 14.4 Å². The molecule has 38 heavy (non-hydrogen) atoms. The standard InChI is InChI=1S/C26H33F3N6O2S/c1-15(2)24-31-11-21(38-24)25(37)8-6-18(7-9-25)35-13-17(14-35)32-22(36)12-30-23-19-10-16(26(27,28)29)4-5-20(19)34(3)33-23/h4-5,10-11,15,17-18,37H,6-9,12-14H2,1-3H3,(H,30,33)(H,32,36).